The molecule has 6 heteroatoms. The van der Waals surface area contributed by atoms with Crippen LogP contribution in [0.15, 0.2) is 18.2 Å². The summed E-state index contributed by atoms with van der Waals surface area (Å²) in [5, 5.41) is 2.29. The zero-order valence-corrected chi connectivity index (χ0v) is 9.95. The van der Waals surface area contributed by atoms with E-state index in [0.29, 0.717) is 6.07 Å². The average Bonchev–Trinajstić information content (AvgIpc) is 2.32. The summed E-state index contributed by atoms with van der Waals surface area (Å²) in [5.41, 5.74) is 5.06. The van der Waals surface area contributed by atoms with Crippen molar-refractivity contribution in [2.24, 2.45) is 5.73 Å². The molecule has 0 aliphatic rings. The van der Waals surface area contributed by atoms with Gasteiger partial charge in [0.05, 0.1) is 6.42 Å². The van der Waals surface area contributed by atoms with Gasteiger partial charge in [0.1, 0.15) is 17.7 Å². The fourth-order valence-corrected chi connectivity index (χ4v) is 1.42. The summed E-state index contributed by atoms with van der Waals surface area (Å²) in [4.78, 5) is 22.6. The SMILES string of the molecule is C#CC[C@H](NC(=O)Cc1ccc(F)cc1F)C(N)=O. The van der Waals surface area contributed by atoms with Crippen LogP contribution in [0.1, 0.15) is 12.0 Å². The van der Waals surface area contributed by atoms with Gasteiger partial charge in [-0.2, -0.15) is 0 Å². The largest absolute Gasteiger partial charge is 0.368 e. The molecule has 0 unspecified atom stereocenters. The second kappa shape index (κ2) is 6.50. The number of rotatable bonds is 5. The highest BCUT2D eigenvalue weighted by Gasteiger charge is 2.17. The predicted octanol–water partition coefficient (Wildman–Crippen LogP) is 0.501. The maximum Gasteiger partial charge on any atom is 0.240 e. The van der Waals surface area contributed by atoms with Crippen molar-refractivity contribution in [2.45, 2.75) is 18.9 Å². The first-order valence-electron chi connectivity index (χ1n) is 5.40. The lowest BCUT2D eigenvalue weighted by molar-refractivity contribution is -0.126. The topological polar surface area (TPSA) is 72.2 Å². The minimum Gasteiger partial charge on any atom is -0.368 e. The minimum absolute atomic E-state index is 0.0165. The standard InChI is InChI=1S/C13H12F2N2O2/c1-2-3-11(13(16)19)17-12(18)6-8-4-5-9(14)7-10(8)15/h1,4-5,7,11H,3,6H2,(H2,16,19)(H,17,18)/t11-/m0/s1. The van der Waals surface area contributed by atoms with Crippen LogP contribution in [0.25, 0.3) is 0 Å². The average molecular weight is 266 g/mol. The van der Waals surface area contributed by atoms with E-state index in [-0.39, 0.29) is 18.4 Å². The van der Waals surface area contributed by atoms with E-state index in [4.69, 9.17) is 12.2 Å². The number of halogens is 2. The molecular formula is C13H12F2N2O2. The first-order chi connectivity index (χ1) is 8.93. The highest BCUT2D eigenvalue weighted by Crippen LogP contribution is 2.10. The van der Waals surface area contributed by atoms with Gasteiger partial charge in [-0.15, -0.1) is 12.3 Å². The number of nitrogens with one attached hydrogen (secondary N) is 1. The number of carbonyl (C=O) groups excluding carboxylic acids is 2. The Labute approximate surface area is 109 Å². The van der Waals surface area contributed by atoms with Crippen molar-refractivity contribution in [1.29, 1.82) is 0 Å². The number of hydrogen-bond acceptors (Lipinski definition) is 2. The Bertz CT molecular complexity index is 538. The Hall–Kier alpha value is -2.42. The molecule has 0 saturated carbocycles. The van der Waals surface area contributed by atoms with Gasteiger partial charge in [-0.3, -0.25) is 9.59 Å². The lowest BCUT2D eigenvalue weighted by Crippen LogP contribution is -2.44. The molecule has 0 bridgehead atoms. The third-order valence-electron chi connectivity index (χ3n) is 2.37. The van der Waals surface area contributed by atoms with Crippen molar-refractivity contribution in [3.63, 3.8) is 0 Å². The van der Waals surface area contributed by atoms with Crippen LogP contribution in [-0.4, -0.2) is 17.9 Å². The van der Waals surface area contributed by atoms with Crippen LogP contribution in [0.3, 0.4) is 0 Å². The summed E-state index contributed by atoms with van der Waals surface area (Å²) in [7, 11) is 0. The zero-order valence-electron chi connectivity index (χ0n) is 9.95. The van der Waals surface area contributed by atoms with Gasteiger partial charge in [-0.05, 0) is 11.6 Å². The lowest BCUT2D eigenvalue weighted by Gasteiger charge is -2.12. The second-order valence-corrected chi connectivity index (χ2v) is 3.84. The van der Waals surface area contributed by atoms with Crippen LogP contribution < -0.4 is 11.1 Å². The van der Waals surface area contributed by atoms with Crippen LogP contribution >= 0.6 is 0 Å². The van der Waals surface area contributed by atoms with Crippen LogP contribution in [0.4, 0.5) is 8.78 Å². The van der Waals surface area contributed by atoms with E-state index in [9.17, 15) is 18.4 Å². The molecule has 19 heavy (non-hydrogen) atoms. The summed E-state index contributed by atoms with van der Waals surface area (Å²) >= 11 is 0. The molecule has 0 spiro atoms. The summed E-state index contributed by atoms with van der Waals surface area (Å²) < 4.78 is 26.0. The number of benzene rings is 1. The molecule has 0 aliphatic heterocycles. The van der Waals surface area contributed by atoms with Gasteiger partial charge in [0.25, 0.3) is 0 Å². The molecule has 0 saturated heterocycles. The summed E-state index contributed by atoms with van der Waals surface area (Å²) in [6, 6.07) is 1.87. The third-order valence-corrected chi connectivity index (χ3v) is 2.37. The van der Waals surface area contributed by atoms with Crippen molar-refractivity contribution in [1.82, 2.24) is 5.32 Å². The highest BCUT2D eigenvalue weighted by molar-refractivity contribution is 5.87. The number of amides is 2. The van der Waals surface area contributed by atoms with Crippen molar-refractivity contribution in [3.05, 3.63) is 35.4 Å². The Kier molecular flexibility index (Phi) is 5.01. The predicted molar refractivity (Wildman–Crippen MR) is 64.6 cm³/mol. The summed E-state index contributed by atoms with van der Waals surface area (Å²) in [6.45, 7) is 0. The molecule has 1 atom stereocenters. The van der Waals surface area contributed by atoms with E-state index >= 15 is 0 Å². The molecule has 1 aromatic carbocycles. The zero-order chi connectivity index (χ0) is 14.4. The Morgan fingerprint density at radius 1 is 1.42 bits per heavy atom. The van der Waals surface area contributed by atoms with E-state index in [0.717, 1.165) is 12.1 Å². The van der Waals surface area contributed by atoms with Crippen molar-refractivity contribution < 1.29 is 18.4 Å². The van der Waals surface area contributed by atoms with E-state index in [1.807, 2.05) is 0 Å². The van der Waals surface area contributed by atoms with Gasteiger partial charge in [0.2, 0.25) is 11.8 Å². The van der Waals surface area contributed by atoms with Crippen molar-refractivity contribution in [2.75, 3.05) is 0 Å². The Balaban J connectivity index is 2.69. The van der Waals surface area contributed by atoms with Gasteiger partial charge in [-0.1, -0.05) is 6.07 Å². The lowest BCUT2D eigenvalue weighted by atomic mass is 10.1. The Morgan fingerprint density at radius 3 is 2.63 bits per heavy atom. The molecule has 0 fully saturated rings. The number of hydrogen-bond donors (Lipinski definition) is 2. The van der Waals surface area contributed by atoms with Crippen molar-refractivity contribution >= 4 is 11.8 Å². The molecular weight excluding hydrogens is 254 g/mol. The number of carbonyl (C=O) groups is 2. The molecule has 0 aliphatic carbocycles. The van der Waals surface area contributed by atoms with Gasteiger partial charge in [0, 0.05) is 12.5 Å². The van der Waals surface area contributed by atoms with E-state index in [2.05, 4.69) is 11.2 Å². The van der Waals surface area contributed by atoms with E-state index in [1.54, 1.807) is 0 Å². The fourth-order valence-electron chi connectivity index (χ4n) is 1.42. The minimum atomic E-state index is -0.999. The van der Waals surface area contributed by atoms with Crippen LogP contribution in [0.2, 0.25) is 0 Å². The molecule has 0 radical (unpaired) electrons. The Morgan fingerprint density at radius 2 is 2.11 bits per heavy atom. The monoisotopic (exact) mass is 266 g/mol. The van der Waals surface area contributed by atoms with E-state index in [1.165, 1.54) is 0 Å². The summed E-state index contributed by atoms with van der Waals surface area (Å²) in [5.74, 6) is -0.758. The quantitative estimate of drug-likeness (QED) is 0.762. The molecule has 2 amide bonds. The molecule has 0 heterocycles. The fraction of sp³-hybridized carbons (Fsp3) is 0.231. The summed E-state index contributed by atoms with van der Waals surface area (Å²) in [6.07, 6.45) is 4.64. The third kappa shape index (κ3) is 4.39. The number of primary amides is 1. The second-order valence-electron chi connectivity index (χ2n) is 3.84. The normalized spacial score (nSPS) is 11.4. The van der Waals surface area contributed by atoms with Gasteiger partial charge in [0.15, 0.2) is 0 Å². The van der Waals surface area contributed by atoms with Gasteiger partial charge in [-0.25, -0.2) is 8.78 Å². The van der Waals surface area contributed by atoms with Gasteiger partial charge >= 0.3 is 0 Å². The molecule has 100 valence electrons. The van der Waals surface area contributed by atoms with Crippen LogP contribution in [0.5, 0.6) is 0 Å². The number of nitrogens with two attached hydrogens (primary N) is 1. The molecule has 1 aromatic rings. The van der Waals surface area contributed by atoms with Gasteiger partial charge < -0.3 is 11.1 Å². The highest BCUT2D eigenvalue weighted by atomic mass is 19.1. The van der Waals surface area contributed by atoms with Crippen LogP contribution in [-0.2, 0) is 16.0 Å². The maximum absolute atomic E-state index is 13.3. The van der Waals surface area contributed by atoms with E-state index < -0.39 is 29.5 Å². The van der Waals surface area contributed by atoms with Crippen molar-refractivity contribution in [3.8, 4) is 12.3 Å². The molecule has 1 rings (SSSR count). The first-order valence-corrected chi connectivity index (χ1v) is 5.40. The number of terminal acetylenes is 1. The molecule has 3 N–H and O–H groups in total. The smallest absolute Gasteiger partial charge is 0.240 e. The molecule has 0 aromatic heterocycles. The van der Waals surface area contributed by atoms with Crippen LogP contribution in [0, 0.1) is 24.0 Å². The first kappa shape index (κ1) is 14.6. The molecule has 4 nitrogen and oxygen atoms in total. The maximum atomic E-state index is 13.3.